The number of carbonyl (C=O) groups is 1. The monoisotopic (exact) mass is 771 g/mol. The van der Waals surface area contributed by atoms with Crippen LogP contribution in [0.1, 0.15) is 5.56 Å². The van der Waals surface area contributed by atoms with E-state index in [0.717, 1.165) is 28.3 Å². The number of phenolic OH excluding ortho intramolecular Hbond substituents is 1. The number of halogens is 1. The Morgan fingerprint density at radius 1 is 0.571 bits per heavy atom. The Morgan fingerprint density at radius 2 is 0.857 bits per heavy atom. The van der Waals surface area contributed by atoms with Crippen LogP contribution < -0.4 is 29.5 Å². The number of hydrogen-bond acceptors (Lipinski definition) is 12. The van der Waals surface area contributed by atoms with Gasteiger partial charge in [0, 0.05) is 30.8 Å². The van der Waals surface area contributed by atoms with E-state index >= 15 is 0 Å². The molecule has 4 aromatic heterocycles. The minimum Gasteiger partial charge on any atom is -0.548 e. The first-order valence-corrected chi connectivity index (χ1v) is 15.3. The summed E-state index contributed by atoms with van der Waals surface area (Å²) in [4.78, 5) is 27.0. The van der Waals surface area contributed by atoms with Gasteiger partial charge in [0.25, 0.3) is 0 Å². The van der Waals surface area contributed by atoms with Gasteiger partial charge in [-0.3, -0.25) is 19.9 Å². The van der Waals surface area contributed by atoms with E-state index in [2.05, 4.69) is 19.9 Å². The normalized spacial score (nSPS) is 10.2. The summed E-state index contributed by atoms with van der Waals surface area (Å²) in [5, 5.41) is 19.2. The van der Waals surface area contributed by atoms with Crippen LogP contribution in [0.3, 0.4) is 0 Å². The van der Waals surface area contributed by atoms with Gasteiger partial charge < -0.3 is 20.7 Å². The number of phenols is 1. The minimum atomic E-state index is -4.94. The molecule has 0 spiro atoms. The number of benzene rings is 2. The molecule has 0 saturated heterocycles. The number of aromatic nitrogens is 4. The molecule has 0 amide bonds. The van der Waals surface area contributed by atoms with E-state index in [9.17, 15) is 9.90 Å². The largest absolute Gasteiger partial charge is 3.00 e. The number of carboxylic acid groups (broad SMARTS) is 1. The van der Waals surface area contributed by atoms with Crippen LogP contribution in [-0.4, -0.2) is 37.1 Å². The predicted molar refractivity (Wildman–Crippen MR) is 166 cm³/mol. The fourth-order valence-electron chi connectivity index (χ4n) is 3.41. The number of carboxylic acids is 1. The predicted octanol–water partition coefficient (Wildman–Crippen LogP) is 0.227. The van der Waals surface area contributed by atoms with Crippen molar-refractivity contribution < 1.29 is 63.4 Å². The number of rotatable bonds is 5. The van der Waals surface area contributed by atoms with Crippen molar-refractivity contribution in [3.8, 4) is 28.5 Å². The summed E-state index contributed by atoms with van der Waals surface area (Å²) >= 11 is 0. The molecular formula is C35H32ClN5O7Ru+. The number of nitrogens with two attached hydrogens (primary N) is 1. The van der Waals surface area contributed by atoms with Gasteiger partial charge in [-0.15, -0.1) is 10.2 Å². The Kier molecular flexibility index (Phi) is 20.8. The van der Waals surface area contributed by atoms with Gasteiger partial charge in [0.2, 0.25) is 0 Å². The van der Waals surface area contributed by atoms with Crippen molar-refractivity contribution in [2.24, 2.45) is 5.73 Å². The SMILES string of the molecule is N[C@H](Cc1ccc(O)cc1)C(=O)[O-].[O-][Cl+3]([O-])([O-])[O-].[Ru+3].c1ccc(-c2ccccn2)nc1.c1ccc(-c2ccccn2)nc1.c1ccccc1. The second kappa shape index (κ2) is 24.2. The number of carbonyl (C=O) groups excluding carboxylic acids is 1. The Hall–Kier alpha value is -4.98. The van der Waals surface area contributed by atoms with Crippen LogP contribution in [0.5, 0.6) is 5.75 Å². The second-order valence-electron chi connectivity index (χ2n) is 9.19. The first-order valence-electron chi connectivity index (χ1n) is 14.0. The van der Waals surface area contributed by atoms with Gasteiger partial charge in [-0.1, -0.05) is 72.8 Å². The summed E-state index contributed by atoms with van der Waals surface area (Å²) in [7, 11) is -4.94. The molecule has 4 heterocycles. The zero-order chi connectivity index (χ0) is 35.0. The van der Waals surface area contributed by atoms with Crippen molar-refractivity contribution in [2.45, 2.75) is 12.5 Å². The van der Waals surface area contributed by atoms with E-state index < -0.39 is 22.3 Å². The van der Waals surface area contributed by atoms with Crippen LogP contribution >= 0.6 is 0 Å². The summed E-state index contributed by atoms with van der Waals surface area (Å²) in [5.74, 6) is -1.13. The number of aromatic hydroxyl groups is 1. The molecule has 0 saturated carbocycles. The van der Waals surface area contributed by atoms with Gasteiger partial charge in [0.05, 0.1) is 28.7 Å². The smallest absolute Gasteiger partial charge is 0.548 e. The zero-order valence-corrected chi connectivity index (χ0v) is 28.3. The van der Waals surface area contributed by atoms with Crippen LogP contribution in [0.25, 0.3) is 22.8 Å². The second-order valence-corrected chi connectivity index (χ2v) is 9.94. The minimum absolute atomic E-state index is 0. The van der Waals surface area contributed by atoms with Gasteiger partial charge in [-0.25, -0.2) is 18.6 Å². The van der Waals surface area contributed by atoms with Crippen LogP contribution in [0.2, 0.25) is 0 Å². The molecule has 2 aromatic carbocycles. The van der Waals surface area contributed by atoms with Crippen molar-refractivity contribution in [1.82, 2.24) is 19.9 Å². The molecule has 0 unspecified atom stereocenters. The average molecular weight is 771 g/mol. The van der Waals surface area contributed by atoms with E-state index in [1.165, 1.54) is 12.1 Å². The van der Waals surface area contributed by atoms with Gasteiger partial charge in [-0.2, -0.15) is 0 Å². The standard InChI is InChI=1S/2C10H8N2.C9H11NO3.C6H6.ClHO4.Ru/c2*1-3-7-11-9(5-1)10-6-2-4-8-12-10;10-8(9(12)13)5-6-1-3-7(11)4-2-6;1-2-4-6-5-3-1;2-1(3,4)5;/h2*1-8H;1-4,8,11H,5,10H2,(H,12,13);1-6H;(H,2,3,4,5);/q;;;;;+3/p-2/t;;8-;;;/m..1.../s1. The van der Waals surface area contributed by atoms with Crippen molar-refractivity contribution in [3.05, 3.63) is 164 Å². The molecule has 1 radical (unpaired) electrons. The maximum Gasteiger partial charge on any atom is 3.00 e. The molecule has 49 heavy (non-hydrogen) atoms. The molecule has 3 N–H and O–H groups in total. The molecule has 6 aromatic rings. The van der Waals surface area contributed by atoms with Gasteiger partial charge >= 0.3 is 19.5 Å². The summed E-state index contributed by atoms with van der Waals surface area (Å²) in [5.41, 5.74) is 9.68. The van der Waals surface area contributed by atoms with Crippen molar-refractivity contribution in [1.29, 1.82) is 0 Å². The summed E-state index contributed by atoms with van der Waals surface area (Å²) in [6, 6.07) is 40.4. The molecular weight excluding hydrogens is 739 g/mol. The Labute approximate surface area is 298 Å². The van der Waals surface area contributed by atoms with Gasteiger partial charge in [-0.05, 0) is 72.6 Å². The Bertz CT molecular complexity index is 1490. The molecule has 0 bridgehead atoms. The molecule has 6 rings (SSSR count). The van der Waals surface area contributed by atoms with Crippen LogP contribution in [0.15, 0.2) is 158 Å². The van der Waals surface area contributed by atoms with E-state index in [1.54, 1.807) is 36.9 Å². The molecule has 253 valence electrons. The first-order chi connectivity index (χ1) is 23.0. The quantitative estimate of drug-likeness (QED) is 0.225. The summed E-state index contributed by atoms with van der Waals surface area (Å²) in [6.45, 7) is 0. The van der Waals surface area contributed by atoms with E-state index in [-0.39, 0.29) is 31.6 Å². The number of nitrogens with zero attached hydrogens (tertiary/aromatic N) is 4. The third-order valence-corrected chi connectivity index (χ3v) is 5.55. The van der Waals surface area contributed by atoms with Crippen LogP contribution in [0, 0.1) is 10.2 Å². The summed E-state index contributed by atoms with van der Waals surface area (Å²) in [6.07, 6.45) is 7.28. The zero-order valence-electron chi connectivity index (χ0n) is 25.8. The van der Waals surface area contributed by atoms with Gasteiger partial charge in [0.15, 0.2) is 0 Å². The van der Waals surface area contributed by atoms with E-state index in [0.29, 0.717) is 0 Å². The third-order valence-electron chi connectivity index (χ3n) is 5.55. The van der Waals surface area contributed by atoms with Crippen molar-refractivity contribution in [3.63, 3.8) is 0 Å². The molecule has 0 aliphatic carbocycles. The van der Waals surface area contributed by atoms with E-state index in [1.807, 2.05) is 109 Å². The number of aliphatic carboxylic acids is 1. The Morgan fingerprint density at radius 3 is 1.08 bits per heavy atom. The van der Waals surface area contributed by atoms with Crippen LogP contribution in [0.4, 0.5) is 0 Å². The van der Waals surface area contributed by atoms with Crippen LogP contribution in [-0.2, 0) is 30.7 Å². The molecule has 0 fully saturated rings. The Balaban J connectivity index is 0.000000317. The maximum absolute atomic E-state index is 10.3. The fourth-order valence-corrected chi connectivity index (χ4v) is 3.41. The van der Waals surface area contributed by atoms with Gasteiger partial charge in [0.1, 0.15) is 5.75 Å². The van der Waals surface area contributed by atoms with Crippen molar-refractivity contribution >= 4 is 5.97 Å². The first kappa shape index (κ1) is 42.0. The fraction of sp³-hybridized carbons (Fsp3) is 0.0571. The molecule has 14 heteroatoms. The summed E-state index contributed by atoms with van der Waals surface area (Å²) < 4.78 is 34.0. The molecule has 0 aliphatic heterocycles. The molecule has 1 atom stereocenters. The number of hydrogen-bond donors (Lipinski definition) is 2. The molecule has 12 nitrogen and oxygen atoms in total. The maximum atomic E-state index is 10.3. The molecule has 0 aliphatic rings. The average Bonchev–Trinajstić information content (AvgIpc) is 3.12. The topological polar surface area (TPSA) is 230 Å². The number of pyridine rings is 4. The third kappa shape index (κ3) is 20.8. The van der Waals surface area contributed by atoms with Crippen molar-refractivity contribution in [2.75, 3.05) is 0 Å². The van der Waals surface area contributed by atoms with E-state index in [4.69, 9.17) is 29.5 Å².